The topological polar surface area (TPSA) is 41.6 Å². The monoisotopic (exact) mass is 254 g/mol. The zero-order valence-electron chi connectivity index (χ0n) is 11.9. The Morgan fingerprint density at radius 3 is 2.89 bits per heavy atom. The summed E-state index contributed by atoms with van der Waals surface area (Å²) in [6.45, 7) is 10.9. The Bertz CT molecular complexity index is 304. The van der Waals surface area contributed by atoms with Gasteiger partial charge in [-0.1, -0.05) is 0 Å². The molecule has 104 valence electrons. The number of rotatable bonds is 5. The largest absolute Gasteiger partial charge is 0.382 e. The molecule has 2 rings (SSSR count). The van der Waals surface area contributed by atoms with Crippen LogP contribution in [0.25, 0.3) is 0 Å². The molecule has 4 heteroatoms. The summed E-state index contributed by atoms with van der Waals surface area (Å²) in [5.41, 5.74) is 0.0108. The summed E-state index contributed by atoms with van der Waals surface area (Å²) in [6.07, 6.45) is 1.46. The number of nitrogens with zero attached hydrogens (tertiary/aromatic N) is 1. The highest BCUT2D eigenvalue weighted by atomic mass is 16.5. The first kappa shape index (κ1) is 13.8. The Labute approximate surface area is 110 Å². The third-order valence-electron chi connectivity index (χ3n) is 4.54. The van der Waals surface area contributed by atoms with Gasteiger partial charge in [-0.05, 0) is 39.0 Å². The van der Waals surface area contributed by atoms with Crippen molar-refractivity contribution >= 4 is 5.91 Å². The number of hydrogen-bond donors (Lipinski definition) is 1. The first-order valence-electron chi connectivity index (χ1n) is 7.16. The lowest BCUT2D eigenvalue weighted by atomic mass is 9.85. The molecular weight excluding hydrogens is 228 g/mol. The van der Waals surface area contributed by atoms with E-state index in [1.807, 2.05) is 6.92 Å². The van der Waals surface area contributed by atoms with Crippen LogP contribution in [0.4, 0.5) is 0 Å². The number of carbonyl (C=O) groups is 1. The van der Waals surface area contributed by atoms with Gasteiger partial charge in [-0.25, -0.2) is 0 Å². The molecule has 1 N–H and O–H groups in total. The lowest BCUT2D eigenvalue weighted by Gasteiger charge is -2.35. The summed E-state index contributed by atoms with van der Waals surface area (Å²) in [6, 6.07) is 0. The van der Waals surface area contributed by atoms with Crippen LogP contribution in [0.2, 0.25) is 0 Å². The Hall–Kier alpha value is -0.610. The number of ether oxygens (including phenoxy) is 1. The lowest BCUT2D eigenvalue weighted by Crippen LogP contribution is -2.47. The molecule has 2 aliphatic heterocycles. The maximum Gasteiger partial charge on any atom is 0.223 e. The third kappa shape index (κ3) is 2.54. The van der Waals surface area contributed by atoms with Gasteiger partial charge >= 0.3 is 0 Å². The van der Waals surface area contributed by atoms with Crippen molar-refractivity contribution in [3.8, 4) is 0 Å². The van der Waals surface area contributed by atoms with Crippen LogP contribution in [0.15, 0.2) is 0 Å². The summed E-state index contributed by atoms with van der Waals surface area (Å²) in [5, 5.41) is 3.44. The maximum atomic E-state index is 12.3. The van der Waals surface area contributed by atoms with Gasteiger partial charge < -0.3 is 15.0 Å². The van der Waals surface area contributed by atoms with Crippen molar-refractivity contribution in [2.24, 2.45) is 11.8 Å². The van der Waals surface area contributed by atoms with Crippen molar-refractivity contribution in [3.63, 3.8) is 0 Å². The van der Waals surface area contributed by atoms with E-state index in [4.69, 9.17) is 4.74 Å². The highest BCUT2D eigenvalue weighted by Crippen LogP contribution is 2.40. The van der Waals surface area contributed by atoms with Crippen molar-refractivity contribution in [1.29, 1.82) is 0 Å². The molecule has 0 saturated carbocycles. The highest BCUT2D eigenvalue weighted by Gasteiger charge is 2.50. The van der Waals surface area contributed by atoms with E-state index in [2.05, 4.69) is 24.1 Å². The summed E-state index contributed by atoms with van der Waals surface area (Å²) >= 11 is 0. The van der Waals surface area contributed by atoms with E-state index in [9.17, 15) is 4.79 Å². The molecule has 0 aromatic heterocycles. The molecule has 0 bridgehead atoms. The lowest BCUT2D eigenvalue weighted by molar-refractivity contribution is -0.135. The average Bonchev–Trinajstić information content (AvgIpc) is 2.87. The molecule has 2 unspecified atom stereocenters. The summed E-state index contributed by atoms with van der Waals surface area (Å²) in [7, 11) is 0. The zero-order valence-corrected chi connectivity index (χ0v) is 11.9. The fraction of sp³-hybridized carbons (Fsp3) is 0.929. The van der Waals surface area contributed by atoms with E-state index >= 15 is 0 Å². The first-order chi connectivity index (χ1) is 8.57. The van der Waals surface area contributed by atoms with Gasteiger partial charge in [0.2, 0.25) is 5.91 Å². The molecule has 0 aromatic carbocycles. The number of likely N-dealkylation sites (tertiary alicyclic amines) is 1. The van der Waals surface area contributed by atoms with Gasteiger partial charge in [0.15, 0.2) is 0 Å². The average molecular weight is 254 g/mol. The van der Waals surface area contributed by atoms with E-state index in [0.29, 0.717) is 30.8 Å². The fourth-order valence-corrected chi connectivity index (χ4v) is 3.45. The molecule has 4 nitrogen and oxygen atoms in total. The van der Waals surface area contributed by atoms with Crippen molar-refractivity contribution in [1.82, 2.24) is 10.2 Å². The molecule has 0 spiro atoms. The molecule has 2 heterocycles. The van der Waals surface area contributed by atoms with Crippen LogP contribution in [0.5, 0.6) is 0 Å². The van der Waals surface area contributed by atoms with Gasteiger partial charge in [0, 0.05) is 44.8 Å². The molecule has 2 atom stereocenters. The highest BCUT2D eigenvalue weighted by molar-refractivity contribution is 5.77. The molecule has 2 aliphatic rings. The predicted octanol–water partition coefficient (Wildman–Crippen LogP) is 1.26. The van der Waals surface area contributed by atoms with E-state index in [0.717, 1.165) is 32.7 Å². The fourth-order valence-electron chi connectivity index (χ4n) is 3.45. The SMILES string of the molecule is CCOCCCC(=O)N1CC2CNCC2C1(C)C. The maximum absolute atomic E-state index is 12.3. The van der Waals surface area contributed by atoms with Crippen LogP contribution in [0.1, 0.15) is 33.6 Å². The zero-order chi connectivity index (χ0) is 13.2. The van der Waals surface area contributed by atoms with Crippen LogP contribution in [0, 0.1) is 11.8 Å². The Morgan fingerprint density at radius 1 is 1.44 bits per heavy atom. The van der Waals surface area contributed by atoms with Crippen LogP contribution >= 0.6 is 0 Å². The standard InChI is InChI=1S/C14H26N2O2/c1-4-18-7-5-6-13(17)16-10-11-8-15-9-12(11)14(16,2)3/h11-12,15H,4-10H2,1-3H3. The Morgan fingerprint density at radius 2 is 2.22 bits per heavy atom. The quantitative estimate of drug-likeness (QED) is 0.751. The number of fused-ring (bicyclic) bond motifs is 1. The van der Waals surface area contributed by atoms with Gasteiger partial charge in [-0.15, -0.1) is 0 Å². The molecule has 18 heavy (non-hydrogen) atoms. The summed E-state index contributed by atoms with van der Waals surface area (Å²) < 4.78 is 5.29. The number of nitrogens with one attached hydrogen (secondary N) is 1. The van der Waals surface area contributed by atoms with Gasteiger partial charge in [0.25, 0.3) is 0 Å². The van der Waals surface area contributed by atoms with Crippen molar-refractivity contribution in [3.05, 3.63) is 0 Å². The van der Waals surface area contributed by atoms with E-state index in [1.54, 1.807) is 0 Å². The molecule has 2 saturated heterocycles. The normalized spacial score (nSPS) is 29.6. The van der Waals surface area contributed by atoms with E-state index in [1.165, 1.54) is 0 Å². The smallest absolute Gasteiger partial charge is 0.223 e. The van der Waals surface area contributed by atoms with Crippen LogP contribution in [0.3, 0.4) is 0 Å². The first-order valence-corrected chi connectivity index (χ1v) is 7.16. The Kier molecular flexibility index (Phi) is 4.28. The number of carbonyl (C=O) groups excluding carboxylic acids is 1. The molecule has 0 radical (unpaired) electrons. The van der Waals surface area contributed by atoms with Crippen molar-refractivity contribution < 1.29 is 9.53 Å². The summed E-state index contributed by atoms with van der Waals surface area (Å²) in [5.74, 6) is 1.57. The van der Waals surface area contributed by atoms with Crippen molar-refractivity contribution in [2.75, 3.05) is 32.8 Å². The van der Waals surface area contributed by atoms with Gasteiger partial charge in [-0.3, -0.25) is 4.79 Å². The number of hydrogen-bond acceptors (Lipinski definition) is 3. The second-order valence-electron chi connectivity index (χ2n) is 5.98. The van der Waals surface area contributed by atoms with Crippen LogP contribution < -0.4 is 5.32 Å². The van der Waals surface area contributed by atoms with Crippen LogP contribution in [-0.2, 0) is 9.53 Å². The molecule has 1 amide bonds. The molecular formula is C14H26N2O2. The van der Waals surface area contributed by atoms with Gasteiger partial charge in [0.1, 0.15) is 0 Å². The summed E-state index contributed by atoms with van der Waals surface area (Å²) in [4.78, 5) is 14.4. The van der Waals surface area contributed by atoms with Gasteiger partial charge in [0.05, 0.1) is 0 Å². The second-order valence-corrected chi connectivity index (χ2v) is 5.98. The minimum Gasteiger partial charge on any atom is -0.382 e. The molecule has 0 aliphatic carbocycles. The van der Waals surface area contributed by atoms with E-state index < -0.39 is 0 Å². The second kappa shape index (κ2) is 5.57. The minimum atomic E-state index is 0.0108. The Balaban J connectivity index is 1.87. The third-order valence-corrected chi connectivity index (χ3v) is 4.54. The number of amides is 1. The minimum absolute atomic E-state index is 0.0108. The molecule has 2 fully saturated rings. The van der Waals surface area contributed by atoms with Crippen LogP contribution in [-0.4, -0.2) is 49.2 Å². The predicted molar refractivity (Wildman–Crippen MR) is 71.4 cm³/mol. The van der Waals surface area contributed by atoms with Gasteiger partial charge in [-0.2, -0.15) is 0 Å². The van der Waals surface area contributed by atoms with Crippen molar-refractivity contribution in [2.45, 2.75) is 39.2 Å². The van der Waals surface area contributed by atoms with E-state index in [-0.39, 0.29) is 5.54 Å². The molecule has 0 aromatic rings.